The van der Waals surface area contributed by atoms with E-state index in [-0.39, 0.29) is 8.70 Å². The Bertz CT molecular complexity index is 30.0. The van der Waals surface area contributed by atoms with Crippen molar-refractivity contribution in [1.29, 1.82) is 0 Å². The first-order chi connectivity index (χ1) is 2.77. The van der Waals surface area contributed by atoms with Crippen LogP contribution >= 0.6 is 28.7 Å². The minimum atomic E-state index is -0.421. The van der Waals surface area contributed by atoms with E-state index in [1.54, 1.807) is 0 Å². The molecule has 0 aromatic carbocycles. The topological polar surface area (TPSA) is 0 Å². The zero-order valence-electron chi connectivity index (χ0n) is 3.62. The molecule has 0 bridgehead atoms. The number of hydrogen-bond donors (Lipinski definition) is 0. The van der Waals surface area contributed by atoms with Gasteiger partial charge in [-0.15, -0.1) is 0 Å². The monoisotopic (exact) mass is 192 g/mol. The fourth-order valence-electron chi connectivity index (χ4n) is 0.169. The average molecular weight is 193 g/mol. The molecule has 0 aromatic rings. The van der Waals surface area contributed by atoms with Crippen LogP contribution in [0.2, 0.25) is 0 Å². The standard InChI is InChI=1S/Cl2H7PSi3/c1-3(2)5-6-4/h5-6H2,4H3. The SMILES string of the molecule is [SiH3][SiH2][SiH2]P(Cl)Cl. The van der Waals surface area contributed by atoms with Gasteiger partial charge in [0.1, 0.15) is 0 Å². The fourth-order valence-corrected chi connectivity index (χ4v) is 41.1. The molecule has 0 aliphatic heterocycles. The van der Waals surface area contributed by atoms with Gasteiger partial charge >= 0.3 is 0 Å². The van der Waals surface area contributed by atoms with Crippen LogP contribution < -0.4 is 0 Å². The summed E-state index contributed by atoms with van der Waals surface area (Å²) < 4.78 is 0. The van der Waals surface area contributed by atoms with Gasteiger partial charge in [0.2, 0.25) is 0 Å². The van der Waals surface area contributed by atoms with E-state index in [0.29, 0.717) is 8.55 Å². The van der Waals surface area contributed by atoms with E-state index in [1.165, 1.54) is 9.76 Å². The zero-order valence-corrected chi connectivity index (χ0v) is 10.9. The Balaban J connectivity index is 2.63. The van der Waals surface area contributed by atoms with E-state index in [4.69, 9.17) is 22.5 Å². The third kappa shape index (κ3) is 5.66. The van der Waals surface area contributed by atoms with Gasteiger partial charge in [0.05, 0.1) is 14.9 Å². The lowest BCUT2D eigenvalue weighted by Gasteiger charge is -1.88. The molecule has 6 heteroatoms. The summed E-state index contributed by atoms with van der Waals surface area (Å²) in [5.41, 5.74) is 0. The van der Waals surface area contributed by atoms with Gasteiger partial charge < -0.3 is 0 Å². The van der Waals surface area contributed by atoms with Crippen molar-refractivity contribution in [2.45, 2.75) is 0 Å². The van der Waals surface area contributed by atoms with Crippen LogP contribution in [0.1, 0.15) is 0 Å². The Hall–Kier alpha value is 1.66. The number of halogens is 2. The van der Waals surface area contributed by atoms with Gasteiger partial charge in [-0.05, 0) is 9.76 Å². The summed E-state index contributed by atoms with van der Waals surface area (Å²) in [7, 11) is 2.00. The maximum absolute atomic E-state index is 5.53. The summed E-state index contributed by atoms with van der Waals surface area (Å²) in [6.07, 6.45) is -0.421. The molecule has 0 unspecified atom stereocenters. The Morgan fingerprint density at radius 1 is 1.50 bits per heavy atom. The molecule has 0 radical (unpaired) electrons. The fraction of sp³-hybridized carbons (Fsp3) is 0. The lowest BCUT2D eigenvalue weighted by atomic mass is 26.6. The highest BCUT2D eigenvalue weighted by atomic mass is 35.9. The Morgan fingerprint density at radius 3 is 2.00 bits per heavy atom. The quantitative estimate of drug-likeness (QED) is 0.399. The van der Waals surface area contributed by atoms with Crippen LogP contribution in [-0.4, -0.2) is 27.0 Å². The molecule has 0 N–H and O–H groups in total. The highest BCUT2D eigenvalue weighted by molar-refractivity contribution is 8.25. The van der Waals surface area contributed by atoms with Gasteiger partial charge in [-0.2, -0.15) is 0 Å². The number of hydrogen-bond acceptors (Lipinski definition) is 0. The summed E-state index contributed by atoms with van der Waals surface area (Å²) in [4.78, 5) is 0. The van der Waals surface area contributed by atoms with Gasteiger partial charge in [0.15, 0.2) is 0 Å². The molecule has 0 aliphatic carbocycles. The molecule has 38 valence electrons. The van der Waals surface area contributed by atoms with Crippen LogP contribution in [0.5, 0.6) is 0 Å². The average Bonchev–Trinajstić information content (AvgIpc) is 1.35. The third-order valence-electron chi connectivity index (χ3n) is 0.393. The van der Waals surface area contributed by atoms with Crippen molar-refractivity contribution in [3.63, 3.8) is 0 Å². The van der Waals surface area contributed by atoms with E-state index < -0.39 is 6.17 Å². The molecule has 0 saturated carbocycles. The van der Waals surface area contributed by atoms with Crippen LogP contribution in [0.25, 0.3) is 0 Å². The van der Waals surface area contributed by atoms with E-state index >= 15 is 0 Å². The molecule has 6 heavy (non-hydrogen) atoms. The van der Waals surface area contributed by atoms with Crippen molar-refractivity contribution in [3.8, 4) is 0 Å². The minimum absolute atomic E-state index is 0.153. The lowest BCUT2D eigenvalue weighted by Crippen LogP contribution is -1.95. The third-order valence-corrected chi connectivity index (χ3v) is 31.8. The second-order valence-electron chi connectivity index (χ2n) is 1.03. The molecule has 0 fully saturated rings. The van der Waals surface area contributed by atoms with Crippen molar-refractivity contribution in [1.82, 2.24) is 0 Å². The molecular formula is H7Cl2PSi3. The van der Waals surface area contributed by atoms with Crippen molar-refractivity contribution in [2.75, 3.05) is 0 Å². The second kappa shape index (κ2) is 4.81. The Labute approximate surface area is 55.8 Å². The summed E-state index contributed by atoms with van der Waals surface area (Å²) >= 11 is 11.1. The first-order valence-electron chi connectivity index (χ1n) is 1.86. The molecule has 0 spiro atoms. The van der Waals surface area contributed by atoms with Gasteiger partial charge in [0, 0.05) is 8.55 Å². The van der Waals surface area contributed by atoms with Crippen LogP contribution in [0.15, 0.2) is 0 Å². The first kappa shape index (κ1) is 7.66. The van der Waals surface area contributed by atoms with E-state index in [9.17, 15) is 0 Å². The molecule has 0 aliphatic rings. The first-order valence-corrected chi connectivity index (χ1v) is 16.8. The predicted molar refractivity (Wildman–Crippen MR) is 45.7 cm³/mol. The van der Waals surface area contributed by atoms with Crippen molar-refractivity contribution < 1.29 is 0 Å². The van der Waals surface area contributed by atoms with Crippen molar-refractivity contribution >= 4 is 55.7 Å². The van der Waals surface area contributed by atoms with Crippen molar-refractivity contribution in [2.24, 2.45) is 0 Å². The molecule has 0 rings (SSSR count). The van der Waals surface area contributed by atoms with Crippen molar-refractivity contribution in [3.05, 3.63) is 0 Å². The molecule has 0 amide bonds. The number of rotatable bonds is 2. The molecule has 0 heterocycles. The minimum Gasteiger partial charge on any atom is -0.0846 e. The van der Waals surface area contributed by atoms with Gasteiger partial charge in [0.25, 0.3) is 0 Å². The summed E-state index contributed by atoms with van der Waals surface area (Å²) in [5, 5.41) is 0. The van der Waals surface area contributed by atoms with E-state index in [0.717, 1.165) is 0 Å². The summed E-state index contributed by atoms with van der Waals surface area (Å²) in [6.45, 7) is 0. The molecule has 0 nitrogen and oxygen atoms in total. The van der Waals surface area contributed by atoms with Crippen LogP contribution in [0.4, 0.5) is 0 Å². The molecule has 0 saturated heterocycles. The lowest BCUT2D eigenvalue weighted by molar-refractivity contribution is 4.14. The summed E-state index contributed by atoms with van der Waals surface area (Å²) in [5.74, 6) is 0. The van der Waals surface area contributed by atoms with E-state index in [2.05, 4.69) is 0 Å². The maximum atomic E-state index is 5.53. The molecule has 0 aromatic heterocycles. The Kier molecular flexibility index (Phi) is 6.14. The largest absolute Gasteiger partial charge is 0.0846 e. The molecule has 0 atom stereocenters. The zero-order chi connectivity index (χ0) is 4.99. The normalized spacial score (nSPS) is 14.5. The highest BCUT2D eigenvalue weighted by Crippen LogP contribution is 2.43. The van der Waals surface area contributed by atoms with Gasteiger partial charge in [-0.1, -0.05) is 22.5 Å². The molecular weight excluding hydrogens is 186 g/mol. The smallest absolute Gasteiger partial charge is 0.0708 e. The van der Waals surface area contributed by atoms with Crippen LogP contribution in [0.3, 0.4) is 0 Å². The maximum Gasteiger partial charge on any atom is 0.0708 e. The van der Waals surface area contributed by atoms with Gasteiger partial charge in [-0.3, -0.25) is 0 Å². The second-order valence-corrected chi connectivity index (χ2v) is 27.7. The van der Waals surface area contributed by atoms with Crippen LogP contribution in [0, 0.1) is 0 Å². The van der Waals surface area contributed by atoms with E-state index in [1.807, 2.05) is 0 Å². The Morgan fingerprint density at radius 2 is 2.00 bits per heavy atom. The highest BCUT2D eigenvalue weighted by Gasteiger charge is 1.93. The predicted octanol–water partition coefficient (Wildman–Crippen LogP) is -0.776. The van der Waals surface area contributed by atoms with Gasteiger partial charge in [-0.25, -0.2) is 0 Å². The van der Waals surface area contributed by atoms with Crippen LogP contribution in [-0.2, 0) is 0 Å². The summed E-state index contributed by atoms with van der Waals surface area (Å²) in [6, 6.07) is 0.